The lowest BCUT2D eigenvalue weighted by Crippen LogP contribution is -1.96. The van der Waals surface area contributed by atoms with Crippen molar-refractivity contribution in [1.29, 1.82) is 5.26 Å². The fourth-order valence-corrected chi connectivity index (χ4v) is 1.61. The summed E-state index contributed by atoms with van der Waals surface area (Å²) in [6, 6.07) is 9.63. The Balaban J connectivity index is 2.36. The molecule has 0 amide bonds. The number of nitriles is 1. The number of aromatic amines is 1. The molecule has 3 nitrogen and oxygen atoms in total. The van der Waals surface area contributed by atoms with Crippen LogP contribution in [0, 0.1) is 11.3 Å². The van der Waals surface area contributed by atoms with E-state index in [0.29, 0.717) is 12.0 Å². The maximum absolute atomic E-state index is 11.7. The van der Waals surface area contributed by atoms with E-state index in [1.54, 1.807) is 6.20 Å². The third kappa shape index (κ3) is 1.75. The molecule has 0 saturated carbocycles. The minimum Gasteiger partial charge on any atom is -0.360 e. The molecule has 0 bridgehead atoms. The van der Waals surface area contributed by atoms with Crippen LogP contribution < -0.4 is 0 Å². The van der Waals surface area contributed by atoms with Crippen LogP contribution in [0.2, 0.25) is 0 Å². The molecule has 0 fully saturated rings. The monoisotopic (exact) mass is 198 g/mol. The fraction of sp³-hybridized carbons (Fsp3) is 0.167. The number of para-hydroxylation sites is 1. The number of Topliss-reactive ketones (excluding diaryl/α,β-unsaturated/α-hetero) is 1. The summed E-state index contributed by atoms with van der Waals surface area (Å²) in [5.74, 6) is 0.0222. The van der Waals surface area contributed by atoms with Gasteiger partial charge in [-0.1, -0.05) is 18.2 Å². The van der Waals surface area contributed by atoms with Gasteiger partial charge in [0.05, 0.1) is 6.07 Å². The van der Waals surface area contributed by atoms with Crippen molar-refractivity contribution in [3.05, 3.63) is 36.0 Å². The van der Waals surface area contributed by atoms with Gasteiger partial charge in [-0.2, -0.15) is 5.26 Å². The van der Waals surface area contributed by atoms with E-state index < -0.39 is 0 Å². The summed E-state index contributed by atoms with van der Waals surface area (Å²) >= 11 is 0. The molecular formula is C12H10N2O. The van der Waals surface area contributed by atoms with Crippen LogP contribution in [-0.2, 0) is 0 Å². The number of aromatic nitrogens is 1. The number of ketones is 1. The molecule has 3 heteroatoms. The molecule has 1 aromatic heterocycles. The minimum absolute atomic E-state index is 0.0222. The molecule has 1 aromatic carbocycles. The average Bonchev–Trinajstić information content (AvgIpc) is 2.69. The number of rotatable bonds is 3. The standard InChI is InChI=1S/C12H10N2O/c13-7-3-6-12(15)10-8-14-11-5-2-1-4-9(10)11/h1-2,4-5,8,14H,3,6H2. The number of carbonyl (C=O) groups is 1. The van der Waals surface area contributed by atoms with E-state index in [-0.39, 0.29) is 12.2 Å². The number of hydrogen-bond acceptors (Lipinski definition) is 2. The second-order valence-electron chi connectivity index (χ2n) is 3.33. The molecule has 0 saturated heterocycles. The van der Waals surface area contributed by atoms with Crippen molar-refractivity contribution in [2.75, 3.05) is 0 Å². The third-order valence-corrected chi connectivity index (χ3v) is 2.35. The van der Waals surface area contributed by atoms with E-state index in [1.807, 2.05) is 30.3 Å². The Morgan fingerprint density at radius 3 is 3.00 bits per heavy atom. The van der Waals surface area contributed by atoms with Crippen molar-refractivity contribution >= 4 is 16.7 Å². The van der Waals surface area contributed by atoms with Crippen molar-refractivity contribution in [3.8, 4) is 6.07 Å². The smallest absolute Gasteiger partial charge is 0.166 e. The molecule has 74 valence electrons. The van der Waals surface area contributed by atoms with Gasteiger partial charge in [-0.05, 0) is 6.07 Å². The number of benzene rings is 1. The van der Waals surface area contributed by atoms with Gasteiger partial charge in [0.1, 0.15) is 0 Å². The first kappa shape index (κ1) is 9.47. The Hall–Kier alpha value is -2.08. The average molecular weight is 198 g/mol. The van der Waals surface area contributed by atoms with Crippen molar-refractivity contribution in [1.82, 2.24) is 4.98 Å². The highest BCUT2D eigenvalue weighted by molar-refractivity contribution is 6.07. The van der Waals surface area contributed by atoms with Gasteiger partial charge in [-0.25, -0.2) is 0 Å². The maximum Gasteiger partial charge on any atom is 0.166 e. The minimum atomic E-state index is 0.0222. The first-order valence-electron chi connectivity index (χ1n) is 4.79. The first-order chi connectivity index (χ1) is 7.33. The molecule has 0 aliphatic heterocycles. The van der Waals surface area contributed by atoms with E-state index in [9.17, 15) is 4.79 Å². The molecule has 1 N–H and O–H groups in total. The van der Waals surface area contributed by atoms with Crippen LogP contribution in [0.1, 0.15) is 23.2 Å². The summed E-state index contributed by atoms with van der Waals surface area (Å²) in [5, 5.41) is 9.35. The normalized spacial score (nSPS) is 10.1. The third-order valence-electron chi connectivity index (χ3n) is 2.35. The lowest BCUT2D eigenvalue weighted by Gasteiger charge is -1.95. The van der Waals surface area contributed by atoms with Crippen LogP contribution in [-0.4, -0.2) is 10.8 Å². The van der Waals surface area contributed by atoms with Crippen LogP contribution in [0.5, 0.6) is 0 Å². The molecule has 2 rings (SSSR count). The van der Waals surface area contributed by atoms with Crippen LogP contribution in [0.15, 0.2) is 30.5 Å². The molecule has 0 aliphatic rings. The van der Waals surface area contributed by atoms with Gasteiger partial charge < -0.3 is 4.98 Å². The molecule has 2 aromatic rings. The van der Waals surface area contributed by atoms with Crippen molar-refractivity contribution in [3.63, 3.8) is 0 Å². The van der Waals surface area contributed by atoms with E-state index in [2.05, 4.69) is 4.98 Å². The van der Waals surface area contributed by atoms with Crippen molar-refractivity contribution in [2.45, 2.75) is 12.8 Å². The second-order valence-corrected chi connectivity index (χ2v) is 3.33. The van der Waals surface area contributed by atoms with Crippen LogP contribution in [0.4, 0.5) is 0 Å². The van der Waals surface area contributed by atoms with Crippen molar-refractivity contribution < 1.29 is 4.79 Å². The summed E-state index contributed by atoms with van der Waals surface area (Å²) in [4.78, 5) is 14.7. The molecule has 0 atom stereocenters. The zero-order valence-corrected chi connectivity index (χ0v) is 8.16. The highest BCUT2D eigenvalue weighted by Gasteiger charge is 2.10. The number of hydrogen-bond donors (Lipinski definition) is 1. The van der Waals surface area contributed by atoms with Gasteiger partial charge >= 0.3 is 0 Å². The number of H-pyrrole nitrogens is 1. The van der Waals surface area contributed by atoms with Gasteiger partial charge in [-0.15, -0.1) is 0 Å². The number of nitrogens with zero attached hydrogens (tertiary/aromatic N) is 1. The van der Waals surface area contributed by atoms with Gasteiger partial charge in [0, 0.05) is 35.5 Å². The Morgan fingerprint density at radius 2 is 2.20 bits per heavy atom. The van der Waals surface area contributed by atoms with Crippen LogP contribution >= 0.6 is 0 Å². The topological polar surface area (TPSA) is 56.6 Å². The van der Waals surface area contributed by atoms with E-state index in [4.69, 9.17) is 5.26 Å². The second kappa shape index (κ2) is 3.97. The predicted molar refractivity (Wildman–Crippen MR) is 57.5 cm³/mol. The quantitative estimate of drug-likeness (QED) is 0.771. The molecule has 0 radical (unpaired) electrons. The molecular weight excluding hydrogens is 188 g/mol. The number of carbonyl (C=O) groups excluding carboxylic acids is 1. The Labute approximate surface area is 87.3 Å². The molecule has 0 unspecified atom stereocenters. The predicted octanol–water partition coefficient (Wildman–Crippen LogP) is 2.65. The summed E-state index contributed by atoms with van der Waals surface area (Å²) in [6.07, 6.45) is 2.28. The Morgan fingerprint density at radius 1 is 1.40 bits per heavy atom. The molecule has 15 heavy (non-hydrogen) atoms. The largest absolute Gasteiger partial charge is 0.360 e. The summed E-state index contributed by atoms with van der Waals surface area (Å²) < 4.78 is 0. The SMILES string of the molecule is N#CCCC(=O)c1c[nH]c2ccccc12. The molecule has 0 aliphatic carbocycles. The van der Waals surface area contributed by atoms with Crippen LogP contribution in [0.25, 0.3) is 10.9 Å². The van der Waals surface area contributed by atoms with Gasteiger partial charge in [-0.3, -0.25) is 4.79 Å². The van der Waals surface area contributed by atoms with Gasteiger partial charge in [0.2, 0.25) is 0 Å². The lowest BCUT2D eigenvalue weighted by atomic mass is 10.1. The highest BCUT2D eigenvalue weighted by atomic mass is 16.1. The van der Waals surface area contributed by atoms with E-state index in [1.165, 1.54) is 0 Å². The zero-order valence-electron chi connectivity index (χ0n) is 8.16. The first-order valence-corrected chi connectivity index (χ1v) is 4.79. The van der Waals surface area contributed by atoms with Gasteiger partial charge in [0.15, 0.2) is 5.78 Å². The Bertz CT molecular complexity index is 534. The number of fused-ring (bicyclic) bond motifs is 1. The number of nitrogens with one attached hydrogen (secondary N) is 1. The fourth-order valence-electron chi connectivity index (χ4n) is 1.61. The van der Waals surface area contributed by atoms with E-state index >= 15 is 0 Å². The van der Waals surface area contributed by atoms with E-state index in [0.717, 1.165) is 10.9 Å². The van der Waals surface area contributed by atoms with Crippen molar-refractivity contribution in [2.24, 2.45) is 0 Å². The highest BCUT2D eigenvalue weighted by Crippen LogP contribution is 2.19. The Kier molecular flexibility index (Phi) is 2.51. The maximum atomic E-state index is 11.7. The zero-order chi connectivity index (χ0) is 10.7. The van der Waals surface area contributed by atoms with Gasteiger partial charge in [0.25, 0.3) is 0 Å². The summed E-state index contributed by atoms with van der Waals surface area (Å²) in [7, 11) is 0. The molecule has 1 heterocycles. The lowest BCUT2D eigenvalue weighted by molar-refractivity contribution is 0.0986. The summed E-state index contributed by atoms with van der Waals surface area (Å²) in [5.41, 5.74) is 1.64. The molecule has 0 spiro atoms. The van der Waals surface area contributed by atoms with Crippen LogP contribution in [0.3, 0.4) is 0 Å². The summed E-state index contributed by atoms with van der Waals surface area (Å²) in [6.45, 7) is 0.